The minimum absolute atomic E-state index is 0.434. The third-order valence-corrected chi connectivity index (χ3v) is 1.87. The number of carbonyl (C=O) groups excluding carboxylic acids is 3. The molecule has 0 fully saturated rings. The zero-order valence-corrected chi connectivity index (χ0v) is 9.76. The first-order chi connectivity index (χ1) is 8.97. The summed E-state index contributed by atoms with van der Waals surface area (Å²) in [6.07, 6.45) is 2.36. The Bertz CT molecular complexity index is 528. The van der Waals surface area contributed by atoms with Crippen LogP contribution in [0.15, 0.2) is 30.3 Å². The third-order valence-electron chi connectivity index (χ3n) is 1.87. The summed E-state index contributed by atoms with van der Waals surface area (Å²) in [7, 11) is 0. The minimum atomic E-state index is -1.03. The molecular weight excluding hydrogens is 255 g/mol. The number of rotatable bonds is 4. The summed E-state index contributed by atoms with van der Waals surface area (Å²) in [6.45, 7) is -0.630. The fourth-order valence-electron chi connectivity index (χ4n) is 1.13. The lowest BCUT2D eigenvalue weighted by Crippen LogP contribution is -2.37. The van der Waals surface area contributed by atoms with Crippen LogP contribution in [0.2, 0.25) is 0 Å². The predicted octanol–water partition coefficient (Wildman–Crippen LogP) is 0.577. The quantitative estimate of drug-likeness (QED) is 0.615. The molecule has 0 unspecified atom stereocenters. The molecule has 0 spiro atoms. The number of esters is 1. The van der Waals surface area contributed by atoms with E-state index in [1.54, 1.807) is 11.4 Å². The summed E-state index contributed by atoms with van der Waals surface area (Å²) in [4.78, 5) is 32.4. The summed E-state index contributed by atoms with van der Waals surface area (Å²) in [5, 5.41) is 1.73. The average Bonchev–Trinajstić information content (AvgIpc) is 2.33. The van der Waals surface area contributed by atoms with Crippen LogP contribution in [-0.4, -0.2) is 24.5 Å². The number of hydrogen-bond donors (Lipinski definition) is 2. The molecule has 1 aromatic carbocycles. The number of imide groups is 1. The van der Waals surface area contributed by atoms with Crippen LogP contribution in [0.4, 0.5) is 9.18 Å². The molecule has 0 atom stereocenters. The molecule has 0 aliphatic carbocycles. The molecule has 0 saturated heterocycles. The number of hydrogen-bond acceptors (Lipinski definition) is 4. The van der Waals surface area contributed by atoms with Crippen LogP contribution < -0.4 is 11.1 Å². The highest BCUT2D eigenvalue weighted by Gasteiger charge is 2.06. The summed E-state index contributed by atoms with van der Waals surface area (Å²) < 4.78 is 17.3. The summed E-state index contributed by atoms with van der Waals surface area (Å²) in [5.41, 5.74) is 5.16. The number of nitrogens with two attached hydrogens (primary N) is 1. The Labute approximate surface area is 108 Å². The summed E-state index contributed by atoms with van der Waals surface area (Å²) in [6, 6.07) is 4.54. The molecule has 3 N–H and O–H groups in total. The van der Waals surface area contributed by atoms with Gasteiger partial charge in [-0.25, -0.2) is 14.0 Å². The van der Waals surface area contributed by atoms with E-state index >= 15 is 0 Å². The van der Waals surface area contributed by atoms with E-state index in [1.807, 2.05) is 0 Å². The predicted molar refractivity (Wildman–Crippen MR) is 64.1 cm³/mol. The van der Waals surface area contributed by atoms with Gasteiger partial charge < -0.3 is 10.5 Å². The molecule has 100 valence electrons. The van der Waals surface area contributed by atoms with E-state index in [-0.39, 0.29) is 0 Å². The maximum absolute atomic E-state index is 12.8. The second kappa shape index (κ2) is 6.90. The van der Waals surface area contributed by atoms with Gasteiger partial charge in [-0.3, -0.25) is 10.1 Å². The van der Waals surface area contributed by atoms with E-state index in [0.29, 0.717) is 5.56 Å². The van der Waals surface area contributed by atoms with Crippen molar-refractivity contribution in [3.63, 3.8) is 0 Å². The van der Waals surface area contributed by atoms with E-state index in [9.17, 15) is 18.8 Å². The molecule has 0 aliphatic heterocycles. The lowest BCUT2D eigenvalue weighted by Gasteiger charge is -2.01. The zero-order valence-electron chi connectivity index (χ0n) is 9.76. The number of primary amides is 1. The number of ether oxygens (including phenoxy) is 1. The van der Waals surface area contributed by atoms with Gasteiger partial charge in [-0.05, 0) is 23.8 Å². The molecule has 0 aromatic heterocycles. The Morgan fingerprint density at radius 1 is 1.37 bits per heavy atom. The summed E-state index contributed by atoms with van der Waals surface area (Å²) >= 11 is 0. The Balaban J connectivity index is 2.43. The van der Waals surface area contributed by atoms with Gasteiger partial charge in [-0.2, -0.15) is 0 Å². The average molecular weight is 266 g/mol. The SMILES string of the molecule is NC(=O)NC(=O)COC(=O)/C=C/c1cccc(F)c1. The van der Waals surface area contributed by atoms with Crippen molar-refractivity contribution < 1.29 is 23.5 Å². The van der Waals surface area contributed by atoms with Crippen LogP contribution in [0.1, 0.15) is 5.56 Å². The van der Waals surface area contributed by atoms with Crippen molar-refractivity contribution in [2.45, 2.75) is 0 Å². The first-order valence-electron chi connectivity index (χ1n) is 5.17. The van der Waals surface area contributed by atoms with Crippen molar-refractivity contribution in [3.8, 4) is 0 Å². The van der Waals surface area contributed by atoms with E-state index in [0.717, 1.165) is 6.08 Å². The van der Waals surface area contributed by atoms with Crippen molar-refractivity contribution in [2.24, 2.45) is 5.73 Å². The number of nitrogens with one attached hydrogen (secondary N) is 1. The molecule has 1 rings (SSSR count). The number of urea groups is 1. The highest BCUT2D eigenvalue weighted by molar-refractivity contribution is 5.95. The monoisotopic (exact) mass is 266 g/mol. The number of halogens is 1. The third kappa shape index (κ3) is 5.97. The first-order valence-corrected chi connectivity index (χ1v) is 5.17. The van der Waals surface area contributed by atoms with Crippen LogP contribution in [0, 0.1) is 5.82 Å². The van der Waals surface area contributed by atoms with Crippen molar-refractivity contribution in [2.75, 3.05) is 6.61 Å². The lowest BCUT2D eigenvalue weighted by molar-refractivity contribution is -0.143. The normalized spacial score (nSPS) is 10.2. The van der Waals surface area contributed by atoms with Gasteiger partial charge in [0.2, 0.25) is 0 Å². The van der Waals surface area contributed by atoms with Gasteiger partial charge in [0.15, 0.2) is 6.61 Å². The molecule has 0 saturated carbocycles. The number of benzene rings is 1. The molecule has 0 heterocycles. The largest absolute Gasteiger partial charge is 0.452 e. The molecule has 1 aromatic rings. The maximum atomic E-state index is 12.8. The minimum Gasteiger partial charge on any atom is -0.452 e. The Kier molecular flexibility index (Phi) is 5.21. The molecule has 6 nitrogen and oxygen atoms in total. The van der Waals surface area contributed by atoms with E-state index < -0.39 is 30.3 Å². The standard InChI is InChI=1S/C12H11FN2O4/c13-9-3-1-2-8(6-9)4-5-11(17)19-7-10(16)15-12(14)18/h1-6H,7H2,(H3,14,15,16,18)/b5-4+. The first kappa shape index (κ1) is 14.4. The van der Waals surface area contributed by atoms with Crippen LogP contribution >= 0.6 is 0 Å². The number of amides is 3. The Morgan fingerprint density at radius 3 is 2.74 bits per heavy atom. The smallest absolute Gasteiger partial charge is 0.331 e. The lowest BCUT2D eigenvalue weighted by atomic mass is 10.2. The van der Waals surface area contributed by atoms with E-state index in [4.69, 9.17) is 0 Å². The number of carbonyl (C=O) groups is 3. The highest BCUT2D eigenvalue weighted by Crippen LogP contribution is 2.05. The maximum Gasteiger partial charge on any atom is 0.331 e. The molecule has 3 amide bonds. The fourth-order valence-corrected chi connectivity index (χ4v) is 1.13. The van der Waals surface area contributed by atoms with Crippen molar-refractivity contribution in [3.05, 3.63) is 41.7 Å². The van der Waals surface area contributed by atoms with Crippen LogP contribution in [-0.2, 0) is 14.3 Å². The van der Waals surface area contributed by atoms with Crippen molar-refractivity contribution in [1.82, 2.24) is 5.32 Å². The van der Waals surface area contributed by atoms with Gasteiger partial charge in [0.25, 0.3) is 5.91 Å². The second-order valence-electron chi connectivity index (χ2n) is 3.41. The van der Waals surface area contributed by atoms with Crippen LogP contribution in [0.25, 0.3) is 6.08 Å². The Hall–Kier alpha value is -2.70. The van der Waals surface area contributed by atoms with Crippen molar-refractivity contribution in [1.29, 1.82) is 0 Å². The van der Waals surface area contributed by atoms with Gasteiger partial charge in [0.05, 0.1) is 0 Å². The Morgan fingerprint density at radius 2 is 2.11 bits per heavy atom. The van der Waals surface area contributed by atoms with E-state index in [1.165, 1.54) is 24.3 Å². The van der Waals surface area contributed by atoms with Gasteiger partial charge in [0, 0.05) is 6.08 Å². The van der Waals surface area contributed by atoms with Gasteiger partial charge in [0.1, 0.15) is 5.82 Å². The molecule has 0 bridgehead atoms. The topological polar surface area (TPSA) is 98.5 Å². The highest BCUT2D eigenvalue weighted by atomic mass is 19.1. The second-order valence-corrected chi connectivity index (χ2v) is 3.41. The molecule has 19 heavy (non-hydrogen) atoms. The fraction of sp³-hybridized carbons (Fsp3) is 0.0833. The zero-order chi connectivity index (χ0) is 14.3. The van der Waals surface area contributed by atoms with E-state index in [2.05, 4.69) is 10.5 Å². The molecule has 0 aliphatic rings. The van der Waals surface area contributed by atoms with Gasteiger partial charge >= 0.3 is 12.0 Å². The van der Waals surface area contributed by atoms with Gasteiger partial charge in [-0.15, -0.1) is 0 Å². The van der Waals surface area contributed by atoms with Gasteiger partial charge in [-0.1, -0.05) is 12.1 Å². The van der Waals surface area contributed by atoms with Crippen LogP contribution in [0.5, 0.6) is 0 Å². The van der Waals surface area contributed by atoms with Crippen molar-refractivity contribution >= 4 is 24.0 Å². The molecule has 0 radical (unpaired) electrons. The summed E-state index contributed by atoms with van der Waals surface area (Å²) in [5.74, 6) is -2.07. The van der Waals surface area contributed by atoms with Crippen LogP contribution in [0.3, 0.4) is 0 Å². The molecule has 7 heteroatoms. The molecular formula is C12H11FN2O4.